The van der Waals surface area contributed by atoms with E-state index in [0.29, 0.717) is 10.7 Å². The van der Waals surface area contributed by atoms with E-state index in [0.717, 1.165) is 0 Å². The molecule has 0 aliphatic carbocycles. The maximum atomic E-state index is 12.2. The molecule has 3 N–H and O–H groups in total. The Morgan fingerprint density at radius 3 is 2.71 bits per heavy atom. The Bertz CT molecular complexity index is 835. The SMILES string of the molecule is CC(C)C(N)c1nnc(S(=O)(=O)CC(=O)Nc2cccc(Cl)c2)o1. The normalized spacial score (nSPS) is 13.0. The van der Waals surface area contributed by atoms with Crippen LogP contribution in [0.5, 0.6) is 0 Å². The monoisotopic (exact) mass is 372 g/mol. The van der Waals surface area contributed by atoms with Crippen molar-refractivity contribution in [3.8, 4) is 0 Å². The number of aromatic nitrogens is 2. The maximum Gasteiger partial charge on any atom is 0.336 e. The Hall–Kier alpha value is -1.97. The van der Waals surface area contributed by atoms with Gasteiger partial charge in [-0.15, -0.1) is 5.10 Å². The Labute approximate surface area is 144 Å². The highest BCUT2D eigenvalue weighted by Gasteiger charge is 2.28. The lowest BCUT2D eigenvalue weighted by Gasteiger charge is -2.09. The van der Waals surface area contributed by atoms with Crippen LogP contribution in [-0.4, -0.2) is 30.3 Å². The van der Waals surface area contributed by atoms with Crippen molar-refractivity contribution in [3.05, 3.63) is 35.2 Å². The van der Waals surface area contributed by atoms with Crippen molar-refractivity contribution in [3.63, 3.8) is 0 Å². The van der Waals surface area contributed by atoms with Crippen LogP contribution in [0.2, 0.25) is 5.02 Å². The van der Waals surface area contributed by atoms with Gasteiger partial charge in [0, 0.05) is 10.7 Å². The van der Waals surface area contributed by atoms with Crippen LogP contribution in [-0.2, 0) is 14.6 Å². The van der Waals surface area contributed by atoms with Crippen LogP contribution in [0.1, 0.15) is 25.8 Å². The largest absolute Gasteiger partial charge is 0.411 e. The highest BCUT2D eigenvalue weighted by Crippen LogP contribution is 2.20. The van der Waals surface area contributed by atoms with Crippen LogP contribution in [0.15, 0.2) is 33.9 Å². The minimum atomic E-state index is -4.07. The third-order valence-electron chi connectivity index (χ3n) is 3.12. The predicted molar refractivity (Wildman–Crippen MR) is 88.2 cm³/mol. The van der Waals surface area contributed by atoms with Crippen molar-refractivity contribution < 1.29 is 17.6 Å². The number of hydrogen-bond acceptors (Lipinski definition) is 7. The first-order chi connectivity index (χ1) is 11.2. The molecule has 1 unspecified atom stereocenters. The first-order valence-corrected chi connectivity index (χ1v) is 9.09. The fourth-order valence-corrected chi connectivity index (χ4v) is 2.87. The number of benzene rings is 1. The lowest BCUT2D eigenvalue weighted by atomic mass is 10.1. The van der Waals surface area contributed by atoms with Crippen molar-refractivity contribution in [1.82, 2.24) is 10.2 Å². The summed E-state index contributed by atoms with van der Waals surface area (Å²) in [5, 5.41) is 9.34. The molecule has 24 heavy (non-hydrogen) atoms. The van der Waals surface area contributed by atoms with E-state index in [1.54, 1.807) is 18.2 Å². The third-order valence-corrected chi connectivity index (χ3v) is 4.70. The van der Waals surface area contributed by atoms with Gasteiger partial charge in [0.25, 0.3) is 0 Å². The summed E-state index contributed by atoms with van der Waals surface area (Å²) >= 11 is 5.80. The van der Waals surface area contributed by atoms with Gasteiger partial charge in [0.05, 0.1) is 6.04 Å². The quantitative estimate of drug-likeness (QED) is 0.790. The number of nitrogens with zero attached hydrogens (tertiary/aromatic N) is 2. The van der Waals surface area contributed by atoms with E-state index >= 15 is 0 Å². The molecule has 0 saturated carbocycles. The van der Waals surface area contributed by atoms with Crippen molar-refractivity contribution in [2.45, 2.75) is 25.1 Å². The summed E-state index contributed by atoms with van der Waals surface area (Å²) in [7, 11) is -4.07. The molecule has 1 heterocycles. The van der Waals surface area contributed by atoms with E-state index in [9.17, 15) is 13.2 Å². The number of nitrogens with two attached hydrogens (primary N) is 1. The fraction of sp³-hybridized carbons (Fsp3) is 0.357. The van der Waals surface area contributed by atoms with Crippen molar-refractivity contribution in [2.24, 2.45) is 11.7 Å². The average molecular weight is 373 g/mol. The molecule has 0 bridgehead atoms. The number of rotatable bonds is 6. The Kier molecular flexibility index (Phi) is 5.58. The van der Waals surface area contributed by atoms with E-state index in [-0.39, 0.29) is 11.8 Å². The smallest absolute Gasteiger partial charge is 0.336 e. The molecule has 1 atom stereocenters. The van der Waals surface area contributed by atoms with Crippen LogP contribution in [0.4, 0.5) is 5.69 Å². The molecule has 8 nitrogen and oxygen atoms in total. The van der Waals surface area contributed by atoms with Gasteiger partial charge in [-0.2, -0.15) is 0 Å². The van der Waals surface area contributed by atoms with Crippen molar-refractivity contribution >= 4 is 33.0 Å². The molecule has 2 aromatic rings. The summed E-state index contributed by atoms with van der Waals surface area (Å²) in [6.45, 7) is 3.67. The number of carbonyl (C=O) groups excluding carboxylic acids is 1. The highest BCUT2D eigenvalue weighted by molar-refractivity contribution is 7.91. The Morgan fingerprint density at radius 1 is 1.38 bits per heavy atom. The van der Waals surface area contributed by atoms with Gasteiger partial charge in [-0.05, 0) is 24.1 Å². The summed E-state index contributed by atoms with van der Waals surface area (Å²) in [4.78, 5) is 11.9. The van der Waals surface area contributed by atoms with Gasteiger partial charge in [0.2, 0.25) is 21.6 Å². The lowest BCUT2D eigenvalue weighted by molar-refractivity contribution is -0.113. The van der Waals surface area contributed by atoms with Gasteiger partial charge in [0.15, 0.2) is 0 Å². The molecule has 2 rings (SSSR count). The number of carbonyl (C=O) groups is 1. The highest BCUT2D eigenvalue weighted by atomic mass is 35.5. The molecule has 1 aromatic carbocycles. The fourth-order valence-electron chi connectivity index (χ4n) is 1.76. The second-order valence-corrected chi connectivity index (χ2v) is 7.80. The van der Waals surface area contributed by atoms with E-state index in [2.05, 4.69) is 15.5 Å². The summed E-state index contributed by atoms with van der Waals surface area (Å²) in [5.41, 5.74) is 6.21. The summed E-state index contributed by atoms with van der Waals surface area (Å²) < 4.78 is 29.5. The number of hydrogen-bond donors (Lipinski definition) is 2. The average Bonchev–Trinajstić information content (AvgIpc) is 2.96. The first kappa shape index (κ1) is 18.4. The minimum Gasteiger partial charge on any atom is -0.411 e. The molecule has 1 aromatic heterocycles. The number of nitrogens with one attached hydrogen (secondary N) is 1. The van der Waals surface area contributed by atoms with Gasteiger partial charge in [0.1, 0.15) is 5.75 Å². The topological polar surface area (TPSA) is 128 Å². The third kappa shape index (κ3) is 4.53. The number of sulfone groups is 1. The first-order valence-electron chi connectivity index (χ1n) is 7.06. The van der Waals surface area contributed by atoms with E-state index in [1.165, 1.54) is 6.07 Å². The van der Waals surface area contributed by atoms with Gasteiger partial charge in [-0.1, -0.05) is 36.6 Å². The van der Waals surface area contributed by atoms with Crippen LogP contribution in [0, 0.1) is 5.92 Å². The minimum absolute atomic E-state index is 0.00729. The molecule has 0 saturated heterocycles. The van der Waals surface area contributed by atoms with Gasteiger partial charge < -0.3 is 15.5 Å². The number of amides is 1. The Morgan fingerprint density at radius 2 is 2.08 bits per heavy atom. The van der Waals surface area contributed by atoms with E-state index < -0.39 is 32.8 Å². The molecule has 0 fully saturated rings. The second-order valence-electron chi connectivity index (χ2n) is 5.49. The van der Waals surface area contributed by atoms with Crippen LogP contribution < -0.4 is 11.1 Å². The summed E-state index contributed by atoms with van der Waals surface area (Å²) in [5.74, 6) is -1.57. The lowest BCUT2D eigenvalue weighted by Crippen LogP contribution is -2.23. The molecule has 0 aliphatic heterocycles. The molecule has 0 spiro atoms. The zero-order valence-corrected chi connectivity index (χ0v) is 14.6. The standard InChI is InChI=1S/C14H17ClN4O4S/c1-8(2)12(16)13-18-19-14(23-13)24(21,22)7-11(20)17-10-5-3-4-9(15)6-10/h3-6,8,12H,7,16H2,1-2H3,(H,17,20). The van der Waals surface area contributed by atoms with E-state index in [1.807, 2.05) is 13.8 Å². The zero-order chi connectivity index (χ0) is 17.9. The molecular formula is C14H17ClN4O4S. The number of halogens is 1. The van der Waals surface area contributed by atoms with Gasteiger partial charge in [-0.3, -0.25) is 4.79 Å². The molecular weight excluding hydrogens is 356 g/mol. The second kappa shape index (κ2) is 7.29. The molecule has 10 heteroatoms. The molecule has 0 aliphatic rings. The van der Waals surface area contributed by atoms with Gasteiger partial charge in [-0.25, -0.2) is 8.42 Å². The summed E-state index contributed by atoms with van der Waals surface area (Å²) in [6.07, 6.45) is 0. The molecule has 1 amide bonds. The van der Waals surface area contributed by atoms with Crippen LogP contribution in [0.3, 0.4) is 0 Å². The molecule has 130 valence electrons. The van der Waals surface area contributed by atoms with E-state index in [4.69, 9.17) is 21.8 Å². The maximum absolute atomic E-state index is 12.2. The van der Waals surface area contributed by atoms with Gasteiger partial charge >= 0.3 is 5.22 Å². The van der Waals surface area contributed by atoms with Crippen molar-refractivity contribution in [2.75, 3.05) is 11.1 Å². The Balaban J connectivity index is 2.09. The summed E-state index contributed by atoms with van der Waals surface area (Å²) in [6, 6.07) is 5.76. The number of anilines is 1. The zero-order valence-electron chi connectivity index (χ0n) is 13.1. The molecule has 0 radical (unpaired) electrons. The van der Waals surface area contributed by atoms with Crippen LogP contribution in [0.25, 0.3) is 0 Å². The van der Waals surface area contributed by atoms with Crippen molar-refractivity contribution in [1.29, 1.82) is 0 Å². The van der Waals surface area contributed by atoms with Crippen LogP contribution >= 0.6 is 11.6 Å². The predicted octanol–water partition coefficient (Wildman–Crippen LogP) is 1.79.